The molecule has 1 aliphatic heterocycles. The van der Waals surface area contributed by atoms with Crippen molar-refractivity contribution in [3.8, 4) is 0 Å². The van der Waals surface area contributed by atoms with E-state index in [4.69, 9.17) is 0 Å². The Morgan fingerprint density at radius 3 is 2.86 bits per heavy atom. The maximum atomic E-state index is 11.1. The third kappa shape index (κ3) is 4.01. The van der Waals surface area contributed by atoms with Gasteiger partial charge in [0.1, 0.15) is 5.69 Å². The van der Waals surface area contributed by atoms with Crippen LogP contribution in [0.3, 0.4) is 0 Å². The van der Waals surface area contributed by atoms with E-state index in [0.29, 0.717) is 6.04 Å². The van der Waals surface area contributed by atoms with Crippen LogP contribution in [0, 0.1) is 10.1 Å². The lowest BCUT2D eigenvalue weighted by atomic mass is 10.1. The van der Waals surface area contributed by atoms with Crippen molar-refractivity contribution >= 4 is 17.3 Å². The van der Waals surface area contributed by atoms with Crippen LogP contribution in [0.15, 0.2) is 18.2 Å². The van der Waals surface area contributed by atoms with Gasteiger partial charge in [-0.15, -0.1) is 0 Å². The summed E-state index contributed by atoms with van der Waals surface area (Å²) in [6.07, 6.45) is 3.23. The van der Waals surface area contributed by atoms with Crippen molar-refractivity contribution in [3.05, 3.63) is 33.9 Å². The fraction of sp³-hybridized carbons (Fsp3) is 0.533. The Morgan fingerprint density at radius 1 is 1.52 bits per heavy atom. The minimum Gasteiger partial charge on any atom is -0.321 e. The molecule has 0 spiro atoms. The molecule has 0 radical (unpaired) electrons. The van der Waals surface area contributed by atoms with Gasteiger partial charge in [0.05, 0.1) is 4.92 Å². The Kier molecular flexibility index (Phi) is 4.90. The largest absolute Gasteiger partial charge is 0.321 e. The van der Waals surface area contributed by atoms with E-state index in [9.17, 15) is 14.9 Å². The van der Waals surface area contributed by atoms with Crippen LogP contribution in [0.4, 0.5) is 11.4 Å². The molecule has 114 valence electrons. The molecule has 21 heavy (non-hydrogen) atoms. The Hall–Kier alpha value is -1.95. The summed E-state index contributed by atoms with van der Waals surface area (Å²) in [7, 11) is 0. The molecule has 1 fully saturated rings. The number of hydrogen-bond donors (Lipinski definition) is 1. The summed E-state index contributed by atoms with van der Waals surface area (Å²) in [5.74, 6) is -0.309. The van der Waals surface area contributed by atoms with E-state index >= 15 is 0 Å². The predicted octanol–water partition coefficient (Wildman–Crippen LogP) is 2.58. The molecule has 1 saturated heterocycles. The third-order valence-electron chi connectivity index (χ3n) is 3.95. The first kappa shape index (κ1) is 15.4. The van der Waals surface area contributed by atoms with Crippen molar-refractivity contribution < 1.29 is 9.72 Å². The summed E-state index contributed by atoms with van der Waals surface area (Å²) in [5, 5.41) is 13.6. The minimum atomic E-state index is -0.451. The number of likely N-dealkylation sites (tertiary alicyclic amines) is 1. The van der Waals surface area contributed by atoms with Crippen LogP contribution in [0.25, 0.3) is 0 Å². The molecule has 2 rings (SSSR count). The number of benzene rings is 1. The lowest BCUT2D eigenvalue weighted by Crippen LogP contribution is -2.28. The molecule has 1 heterocycles. The van der Waals surface area contributed by atoms with Crippen molar-refractivity contribution in [2.24, 2.45) is 0 Å². The maximum Gasteiger partial charge on any atom is 0.293 e. The van der Waals surface area contributed by atoms with Gasteiger partial charge in [-0.25, -0.2) is 0 Å². The molecular weight excluding hydrogens is 270 g/mol. The predicted molar refractivity (Wildman–Crippen MR) is 81.4 cm³/mol. The lowest BCUT2D eigenvalue weighted by Gasteiger charge is -2.20. The van der Waals surface area contributed by atoms with E-state index < -0.39 is 4.92 Å². The Balaban J connectivity index is 2.08. The number of carbonyl (C=O) groups is 1. The first-order valence-corrected chi connectivity index (χ1v) is 7.26. The zero-order chi connectivity index (χ0) is 15.4. The topological polar surface area (TPSA) is 75.5 Å². The van der Waals surface area contributed by atoms with Crippen molar-refractivity contribution in [1.82, 2.24) is 4.90 Å². The number of hydrogen-bond acceptors (Lipinski definition) is 4. The fourth-order valence-corrected chi connectivity index (χ4v) is 2.78. The standard InChI is InChI=1S/C15H21N3O3/c1-11-4-3-8-17(11)9-7-13-5-6-14(16-12(2)19)15(10-13)18(20)21/h5-6,10-11H,3-4,7-9H2,1-2H3,(H,16,19)/t11-/m1/s1. The van der Waals surface area contributed by atoms with Gasteiger partial charge >= 0.3 is 0 Å². The zero-order valence-corrected chi connectivity index (χ0v) is 12.5. The zero-order valence-electron chi connectivity index (χ0n) is 12.5. The van der Waals surface area contributed by atoms with Crippen molar-refractivity contribution in [2.75, 3.05) is 18.4 Å². The van der Waals surface area contributed by atoms with Gasteiger partial charge in [0.15, 0.2) is 0 Å². The quantitative estimate of drug-likeness (QED) is 0.668. The molecule has 0 bridgehead atoms. The summed E-state index contributed by atoms with van der Waals surface area (Å²) in [6, 6.07) is 5.62. The number of nitrogens with one attached hydrogen (secondary N) is 1. The maximum absolute atomic E-state index is 11.1. The van der Waals surface area contributed by atoms with E-state index in [-0.39, 0.29) is 17.3 Å². The highest BCUT2D eigenvalue weighted by atomic mass is 16.6. The van der Waals surface area contributed by atoms with Gasteiger partial charge in [-0.05, 0) is 44.4 Å². The van der Waals surface area contributed by atoms with E-state index in [0.717, 1.165) is 25.1 Å². The van der Waals surface area contributed by atoms with Crippen LogP contribution in [0.5, 0.6) is 0 Å². The Morgan fingerprint density at radius 2 is 2.29 bits per heavy atom. The number of nitrogens with zero attached hydrogens (tertiary/aromatic N) is 2. The Labute approximate surface area is 124 Å². The number of anilines is 1. The van der Waals surface area contributed by atoms with E-state index in [1.54, 1.807) is 12.1 Å². The van der Waals surface area contributed by atoms with Crippen LogP contribution in [0.1, 0.15) is 32.3 Å². The van der Waals surface area contributed by atoms with Crippen LogP contribution in [-0.2, 0) is 11.2 Å². The van der Waals surface area contributed by atoms with E-state index in [1.807, 2.05) is 6.07 Å². The van der Waals surface area contributed by atoms with E-state index in [2.05, 4.69) is 17.1 Å². The fourth-order valence-electron chi connectivity index (χ4n) is 2.78. The van der Waals surface area contributed by atoms with Gasteiger partial charge < -0.3 is 10.2 Å². The molecule has 1 N–H and O–H groups in total. The molecule has 0 saturated carbocycles. The van der Waals surface area contributed by atoms with Crippen molar-refractivity contribution in [3.63, 3.8) is 0 Å². The molecule has 6 heteroatoms. The molecule has 1 atom stereocenters. The molecule has 1 amide bonds. The van der Waals surface area contributed by atoms with Gasteiger partial charge in [0.25, 0.3) is 5.69 Å². The SMILES string of the molecule is CC(=O)Nc1ccc(CCN2CCC[C@H]2C)cc1[N+](=O)[O-]. The smallest absolute Gasteiger partial charge is 0.293 e. The highest BCUT2D eigenvalue weighted by Gasteiger charge is 2.20. The molecule has 0 unspecified atom stereocenters. The molecule has 6 nitrogen and oxygen atoms in total. The van der Waals surface area contributed by atoms with Gasteiger partial charge in [-0.3, -0.25) is 14.9 Å². The second-order valence-electron chi connectivity index (χ2n) is 5.57. The first-order valence-electron chi connectivity index (χ1n) is 7.26. The summed E-state index contributed by atoms with van der Waals surface area (Å²) >= 11 is 0. The average molecular weight is 291 g/mol. The average Bonchev–Trinajstić information content (AvgIpc) is 2.82. The molecule has 0 aliphatic carbocycles. The van der Waals surface area contributed by atoms with Crippen molar-refractivity contribution in [2.45, 2.75) is 39.2 Å². The number of nitro groups is 1. The van der Waals surface area contributed by atoms with E-state index in [1.165, 1.54) is 19.8 Å². The highest BCUT2D eigenvalue weighted by molar-refractivity contribution is 5.91. The van der Waals surface area contributed by atoms with Crippen LogP contribution in [0.2, 0.25) is 0 Å². The van der Waals surface area contributed by atoms with Crippen LogP contribution < -0.4 is 5.32 Å². The van der Waals surface area contributed by atoms with Crippen LogP contribution >= 0.6 is 0 Å². The Bertz CT molecular complexity index is 545. The summed E-state index contributed by atoms with van der Waals surface area (Å²) in [5.41, 5.74) is 1.14. The molecule has 0 aromatic heterocycles. The number of amides is 1. The second-order valence-corrected chi connectivity index (χ2v) is 5.57. The minimum absolute atomic E-state index is 0.0443. The third-order valence-corrected chi connectivity index (χ3v) is 3.95. The lowest BCUT2D eigenvalue weighted by molar-refractivity contribution is -0.384. The van der Waals surface area contributed by atoms with Crippen LogP contribution in [-0.4, -0.2) is 34.9 Å². The van der Waals surface area contributed by atoms with Gasteiger partial charge in [-0.2, -0.15) is 0 Å². The van der Waals surface area contributed by atoms with Crippen molar-refractivity contribution in [1.29, 1.82) is 0 Å². The molecule has 1 aliphatic rings. The number of nitro benzene ring substituents is 1. The number of carbonyl (C=O) groups excluding carboxylic acids is 1. The van der Waals surface area contributed by atoms with Gasteiger partial charge in [-0.1, -0.05) is 6.07 Å². The van der Waals surface area contributed by atoms with Gasteiger partial charge in [0.2, 0.25) is 5.91 Å². The second kappa shape index (κ2) is 6.67. The summed E-state index contributed by atoms with van der Waals surface area (Å²) < 4.78 is 0. The number of rotatable bonds is 5. The normalized spacial score (nSPS) is 18.7. The summed E-state index contributed by atoms with van der Waals surface area (Å²) in [6.45, 7) is 5.58. The van der Waals surface area contributed by atoms with Gasteiger partial charge in [0, 0.05) is 25.6 Å². The molecule has 1 aromatic carbocycles. The highest BCUT2D eigenvalue weighted by Crippen LogP contribution is 2.26. The first-order chi connectivity index (χ1) is 9.97. The molecular formula is C15H21N3O3. The summed E-state index contributed by atoms with van der Waals surface area (Å²) in [4.78, 5) is 24.1. The monoisotopic (exact) mass is 291 g/mol. The molecule has 1 aromatic rings.